The van der Waals surface area contributed by atoms with E-state index in [4.69, 9.17) is 21.1 Å². The summed E-state index contributed by atoms with van der Waals surface area (Å²) in [5.74, 6) is 1.50. The number of ether oxygens (including phenoxy) is 2. The summed E-state index contributed by atoms with van der Waals surface area (Å²) in [6, 6.07) is 7.08. The van der Waals surface area contributed by atoms with Crippen molar-refractivity contribution < 1.29 is 19.4 Å². The van der Waals surface area contributed by atoms with Gasteiger partial charge in [0, 0.05) is 10.9 Å². The predicted molar refractivity (Wildman–Crippen MR) is 87.4 cm³/mol. The van der Waals surface area contributed by atoms with E-state index in [1.807, 2.05) is 6.08 Å². The maximum absolute atomic E-state index is 11.4. The first-order chi connectivity index (χ1) is 11.0. The summed E-state index contributed by atoms with van der Waals surface area (Å²) in [5, 5.41) is 10.7. The molecule has 1 N–H and O–H groups in total. The van der Waals surface area contributed by atoms with Crippen molar-refractivity contribution in [2.75, 3.05) is 6.61 Å². The minimum Gasteiger partial charge on any atom is -0.491 e. The number of esters is 1. The van der Waals surface area contributed by atoms with E-state index in [0.717, 1.165) is 6.42 Å². The van der Waals surface area contributed by atoms with Gasteiger partial charge in [-0.3, -0.25) is 4.79 Å². The number of carbonyl (C=O) groups excluding carboxylic acids is 1. The summed E-state index contributed by atoms with van der Waals surface area (Å²) >= 11 is 5.89. The van der Waals surface area contributed by atoms with E-state index < -0.39 is 6.10 Å². The van der Waals surface area contributed by atoms with E-state index in [9.17, 15) is 9.90 Å². The van der Waals surface area contributed by atoms with Crippen LogP contribution in [0, 0.1) is 17.8 Å². The molecule has 4 nitrogen and oxygen atoms in total. The summed E-state index contributed by atoms with van der Waals surface area (Å²) in [7, 11) is 0. The normalized spacial score (nSPS) is 31.2. The molecule has 5 heteroatoms. The van der Waals surface area contributed by atoms with Gasteiger partial charge in [-0.05, 0) is 36.5 Å². The van der Waals surface area contributed by atoms with Crippen LogP contribution in [-0.4, -0.2) is 29.9 Å². The van der Waals surface area contributed by atoms with Crippen LogP contribution in [0.2, 0.25) is 5.02 Å². The molecule has 1 aliphatic heterocycles. The van der Waals surface area contributed by atoms with Crippen LogP contribution in [0.4, 0.5) is 0 Å². The third kappa shape index (κ3) is 3.88. The topological polar surface area (TPSA) is 55.8 Å². The van der Waals surface area contributed by atoms with Gasteiger partial charge in [0.15, 0.2) is 0 Å². The molecule has 0 unspecified atom stereocenters. The Morgan fingerprint density at radius 1 is 1.52 bits per heavy atom. The van der Waals surface area contributed by atoms with Gasteiger partial charge in [-0.1, -0.05) is 36.7 Å². The molecule has 0 bridgehead atoms. The Hall–Kier alpha value is -1.52. The number of fused-ring (bicyclic) bond motifs is 1. The van der Waals surface area contributed by atoms with Crippen LogP contribution in [0.25, 0.3) is 0 Å². The van der Waals surface area contributed by atoms with Crippen LogP contribution in [0.5, 0.6) is 5.75 Å². The van der Waals surface area contributed by atoms with E-state index in [1.165, 1.54) is 0 Å². The highest BCUT2D eigenvalue weighted by Crippen LogP contribution is 2.45. The van der Waals surface area contributed by atoms with E-state index in [1.54, 1.807) is 30.3 Å². The number of allylic oxidation sites excluding steroid dienone is 1. The molecule has 1 heterocycles. The largest absolute Gasteiger partial charge is 0.491 e. The summed E-state index contributed by atoms with van der Waals surface area (Å²) in [4.78, 5) is 11.4. The van der Waals surface area contributed by atoms with Gasteiger partial charge < -0.3 is 14.6 Å². The number of benzene rings is 1. The van der Waals surface area contributed by atoms with Crippen molar-refractivity contribution in [2.45, 2.75) is 32.0 Å². The fourth-order valence-corrected chi connectivity index (χ4v) is 3.74. The second kappa shape index (κ2) is 6.93. The standard InChI is InChI=1S/C18H21ClO4/c1-11-7-17-16(9-18(21)23-17)15(11)6-5-13(20)10-22-14-4-2-3-12(19)8-14/h2-6,8,11,13,15-17,20H,7,9-10H2,1H3/b6-5+/t11-,13+,15+,16-,17+/m0/s1. The van der Waals surface area contributed by atoms with E-state index in [-0.39, 0.29) is 30.5 Å². The number of hydrogen-bond donors (Lipinski definition) is 1. The average Bonchev–Trinajstić information content (AvgIpc) is 2.98. The van der Waals surface area contributed by atoms with Crippen molar-refractivity contribution in [3.63, 3.8) is 0 Å². The molecule has 0 aromatic heterocycles. The molecule has 0 amide bonds. The van der Waals surface area contributed by atoms with Gasteiger partial charge in [-0.2, -0.15) is 0 Å². The molecule has 1 saturated carbocycles. The van der Waals surface area contributed by atoms with Crippen LogP contribution in [0.15, 0.2) is 36.4 Å². The Labute approximate surface area is 141 Å². The highest BCUT2D eigenvalue weighted by Gasteiger charge is 2.47. The van der Waals surface area contributed by atoms with Gasteiger partial charge in [0.25, 0.3) is 0 Å². The van der Waals surface area contributed by atoms with Crippen LogP contribution in [0.1, 0.15) is 19.8 Å². The van der Waals surface area contributed by atoms with Crippen molar-refractivity contribution in [3.8, 4) is 5.75 Å². The van der Waals surface area contributed by atoms with E-state index in [0.29, 0.717) is 23.1 Å². The van der Waals surface area contributed by atoms with Crippen LogP contribution < -0.4 is 4.74 Å². The molecule has 1 aromatic rings. The lowest BCUT2D eigenvalue weighted by molar-refractivity contribution is -0.141. The Morgan fingerprint density at radius 2 is 2.35 bits per heavy atom. The highest BCUT2D eigenvalue weighted by molar-refractivity contribution is 6.30. The Balaban J connectivity index is 1.53. The number of halogens is 1. The zero-order chi connectivity index (χ0) is 16.4. The van der Waals surface area contributed by atoms with Gasteiger partial charge in [0.1, 0.15) is 24.6 Å². The lowest BCUT2D eigenvalue weighted by atomic mass is 9.88. The molecule has 3 rings (SSSR count). The lowest BCUT2D eigenvalue weighted by Crippen LogP contribution is -2.17. The quantitative estimate of drug-likeness (QED) is 0.662. The minimum atomic E-state index is -0.696. The van der Waals surface area contributed by atoms with Crippen molar-refractivity contribution in [1.82, 2.24) is 0 Å². The van der Waals surface area contributed by atoms with E-state index in [2.05, 4.69) is 6.92 Å². The molecule has 2 aliphatic rings. The first-order valence-corrected chi connectivity index (χ1v) is 8.35. The third-order valence-electron chi connectivity index (χ3n) is 4.69. The summed E-state index contributed by atoms with van der Waals surface area (Å²) in [6.45, 7) is 2.33. The summed E-state index contributed by atoms with van der Waals surface area (Å²) in [5.41, 5.74) is 0. The highest BCUT2D eigenvalue weighted by atomic mass is 35.5. The molecule has 2 fully saturated rings. The molecule has 1 aromatic carbocycles. The van der Waals surface area contributed by atoms with Gasteiger partial charge in [-0.25, -0.2) is 0 Å². The fourth-order valence-electron chi connectivity index (χ4n) is 3.56. The van der Waals surface area contributed by atoms with Crippen molar-refractivity contribution >= 4 is 17.6 Å². The summed E-state index contributed by atoms with van der Waals surface area (Å²) in [6.07, 6.45) is 4.52. The number of rotatable bonds is 5. The van der Waals surface area contributed by atoms with Crippen molar-refractivity contribution in [1.29, 1.82) is 0 Å². The third-order valence-corrected chi connectivity index (χ3v) is 4.93. The molecule has 0 spiro atoms. The number of aliphatic hydroxyl groups is 1. The van der Waals surface area contributed by atoms with Gasteiger partial charge in [0.2, 0.25) is 0 Å². The predicted octanol–water partition coefficient (Wildman–Crippen LogP) is 3.22. The molecule has 0 radical (unpaired) electrons. The second-order valence-corrected chi connectivity index (χ2v) is 6.84. The SMILES string of the molecule is C[C@H]1C[C@H]2OC(=O)C[C@H]2[C@@H]1/C=C/[C@@H](O)COc1cccc(Cl)c1. The molecular formula is C18H21ClO4. The average molecular weight is 337 g/mol. The first kappa shape index (κ1) is 16.3. The lowest BCUT2D eigenvalue weighted by Gasteiger charge is -2.16. The maximum atomic E-state index is 11.4. The molecule has 5 atom stereocenters. The van der Waals surface area contributed by atoms with Crippen molar-refractivity contribution in [3.05, 3.63) is 41.4 Å². The second-order valence-electron chi connectivity index (χ2n) is 6.41. The van der Waals surface area contributed by atoms with Crippen molar-refractivity contribution in [2.24, 2.45) is 17.8 Å². The monoisotopic (exact) mass is 336 g/mol. The number of hydrogen-bond acceptors (Lipinski definition) is 4. The molecule has 1 aliphatic carbocycles. The van der Waals surface area contributed by atoms with Gasteiger partial charge in [-0.15, -0.1) is 0 Å². The molecule has 124 valence electrons. The smallest absolute Gasteiger partial charge is 0.306 e. The zero-order valence-corrected chi connectivity index (χ0v) is 13.8. The maximum Gasteiger partial charge on any atom is 0.306 e. The molecule has 23 heavy (non-hydrogen) atoms. The Morgan fingerprint density at radius 3 is 3.13 bits per heavy atom. The van der Waals surface area contributed by atoms with Gasteiger partial charge >= 0.3 is 5.97 Å². The fraction of sp³-hybridized carbons (Fsp3) is 0.500. The molecular weight excluding hydrogens is 316 g/mol. The Kier molecular flexibility index (Phi) is 4.93. The minimum absolute atomic E-state index is 0.0482. The van der Waals surface area contributed by atoms with Crippen LogP contribution >= 0.6 is 11.6 Å². The number of carbonyl (C=O) groups is 1. The zero-order valence-electron chi connectivity index (χ0n) is 13.0. The number of aliphatic hydroxyl groups excluding tert-OH is 1. The molecule has 1 saturated heterocycles. The first-order valence-electron chi connectivity index (χ1n) is 7.97. The van der Waals surface area contributed by atoms with E-state index >= 15 is 0 Å². The van der Waals surface area contributed by atoms with Crippen LogP contribution in [-0.2, 0) is 9.53 Å². The Bertz CT molecular complexity index is 600. The van der Waals surface area contributed by atoms with Gasteiger partial charge in [0.05, 0.1) is 6.42 Å². The summed E-state index contributed by atoms with van der Waals surface area (Å²) < 4.78 is 10.9. The van der Waals surface area contributed by atoms with Crippen LogP contribution in [0.3, 0.4) is 0 Å².